The van der Waals surface area contributed by atoms with Gasteiger partial charge in [-0.2, -0.15) is 0 Å². The SMILES string of the molecule is COc1cc(CNC(=O)CCNC2CC2)ccn1. The van der Waals surface area contributed by atoms with Crippen molar-refractivity contribution in [3.63, 3.8) is 0 Å². The quantitative estimate of drug-likeness (QED) is 0.752. The van der Waals surface area contributed by atoms with E-state index in [0.29, 0.717) is 24.9 Å². The molecule has 1 aliphatic carbocycles. The van der Waals surface area contributed by atoms with E-state index < -0.39 is 0 Å². The third-order valence-corrected chi connectivity index (χ3v) is 2.86. The van der Waals surface area contributed by atoms with Crippen LogP contribution in [-0.4, -0.2) is 30.6 Å². The minimum Gasteiger partial charge on any atom is -0.481 e. The summed E-state index contributed by atoms with van der Waals surface area (Å²) in [6, 6.07) is 4.34. The highest BCUT2D eigenvalue weighted by Crippen LogP contribution is 2.18. The van der Waals surface area contributed by atoms with Gasteiger partial charge in [0.25, 0.3) is 0 Å². The van der Waals surface area contributed by atoms with Crippen LogP contribution in [0.1, 0.15) is 24.8 Å². The molecule has 2 N–H and O–H groups in total. The molecule has 0 unspecified atom stereocenters. The molecule has 0 spiro atoms. The van der Waals surface area contributed by atoms with Crippen LogP contribution in [0.3, 0.4) is 0 Å². The number of aromatic nitrogens is 1. The molecule has 0 atom stereocenters. The van der Waals surface area contributed by atoms with E-state index in [1.807, 2.05) is 12.1 Å². The number of hydrogen-bond donors (Lipinski definition) is 2. The summed E-state index contributed by atoms with van der Waals surface area (Å²) in [7, 11) is 1.58. The summed E-state index contributed by atoms with van der Waals surface area (Å²) in [5.41, 5.74) is 0.991. The highest BCUT2D eigenvalue weighted by atomic mass is 16.5. The van der Waals surface area contributed by atoms with Gasteiger partial charge in [-0.1, -0.05) is 0 Å². The summed E-state index contributed by atoms with van der Waals surface area (Å²) >= 11 is 0. The molecular weight excluding hydrogens is 230 g/mol. The molecule has 1 fully saturated rings. The molecule has 2 rings (SSSR count). The van der Waals surface area contributed by atoms with E-state index in [1.165, 1.54) is 12.8 Å². The van der Waals surface area contributed by atoms with Crippen LogP contribution in [0.2, 0.25) is 0 Å². The number of hydrogen-bond acceptors (Lipinski definition) is 4. The lowest BCUT2D eigenvalue weighted by atomic mass is 10.2. The van der Waals surface area contributed by atoms with Gasteiger partial charge in [0.2, 0.25) is 11.8 Å². The highest BCUT2D eigenvalue weighted by molar-refractivity contribution is 5.76. The van der Waals surface area contributed by atoms with Crippen LogP contribution < -0.4 is 15.4 Å². The Balaban J connectivity index is 1.67. The lowest BCUT2D eigenvalue weighted by Crippen LogP contribution is -2.28. The number of pyridine rings is 1. The zero-order valence-corrected chi connectivity index (χ0v) is 10.6. The molecular formula is C13H19N3O2. The molecule has 1 aliphatic rings. The molecule has 5 nitrogen and oxygen atoms in total. The minimum atomic E-state index is 0.0685. The number of carbonyl (C=O) groups is 1. The second kappa shape index (κ2) is 6.35. The van der Waals surface area contributed by atoms with Crippen molar-refractivity contribution in [1.29, 1.82) is 0 Å². The molecule has 0 bridgehead atoms. The number of nitrogens with zero attached hydrogens (tertiary/aromatic N) is 1. The molecule has 1 amide bonds. The first-order valence-corrected chi connectivity index (χ1v) is 6.27. The average molecular weight is 249 g/mol. The summed E-state index contributed by atoms with van der Waals surface area (Å²) < 4.78 is 5.03. The first-order valence-electron chi connectivity index (χ1n) is 6.27. The van der Waals surface area contributed by atoms with Crippen molar-refractivity contribution in [1.82, 2.24) is 15.6 Å². The fourth-order valence-corrected chi connectivity index (χ4v) is 1.64. The Labute approximate surface area is 107 Å². The molecule has 18 heavy (non-hydrogen) atoms. The van der Waals surface area contributed by atoms with Gasteiger partial charge >= 0.3 is 0 Å². The van der Waals surface area contributed by atoms with Gasteiger partial charge in [-0.15, -0.1) is 0 Å². The Morgan fingerprint density at radius 3 is 3.11 bits per heavy atom. The van der Waals surface area contributed by atoms with Crippen molar-refractivity contribution in [3.05, 3.63) is 23.9 Å². The standard InChI is InChI=1S/C13H19N3O2/c1-18-13-8-10(4-6-15-13)9-16-12(17)5-7-14-11-2-3-11/h4,6,8,11,14H,2-3,5,7,9H2,1H3,(H,16,17). The van der Waals surface area contributed by atoms with E-state index in [2.05, 4.69) is 15.6 Å². The molecule has 0 aliphatic heterocycles. The molecule has 0 saturated heterocycles. The maximum Gasteiger partial charge on any atom is 0.221 e. The Morgan fingerprint density at radius 2 is 2.39 bits per heavy atom. The summed E-state index contributed by atoms with van der Waals surface area (Å²) in [6.45, 7) is 1.28. The lowest BCUT2D eigenvalue weighted by molar-refractivity contribution is -0.121. The monoisotopic (exact) mass is 249 g/mol. The number of ether oxygens (including phenoxy) is 1. The second-order valence-electron chi connectivity index (χ2n) is 4.46. The molecule has 1 saturated carbocycles. The number of amides is 1. The topological polar surface area (TPSA) is 63.2 Å². The normalized spacial score (nSPS) is 14.3. The van der Waals surface area contributed by atoms with Gasteiger partial charge in [-0.3, -0.25) is 4.79 Å². The Hall–Kier alpha value is -1.62. The van der Waals surface area contributed by atoms with Gasteiger partial charge in [0.1, 0.15) is 0 Å². The van der Waals surface area contributed by atoms with Crippen LogP contribution in [-0.2, 0) is 11.3 Å². The highest BCUT2D eigenvalue weighted by Gasteiger charge is 2.19. The van der Waals surface area contributed by atoms with Gasteiger partial charge in [0, 0.05) is 37.8 Å². The second-order valence-corrected chi connectivity index (χ2v) is 4.46. The number of rotatable bonds is 7. The molecule has 5 heteroatoms. The van der Waals surface area contributed by atoms with Crippen LogP contribution in [0.4, 0.5) is 0 Å². The summed E-state index contributed by atoms with van der Waals surface area (Å²) in [5, 5.41) is 6.20. The molecule has 1 aromatic heterocycles. The summed E-state index contributed by atoms with van der Waals surface area (Å²) in [4.78, 5) is 15.6. The Bertz CT molecular complexity index is 405. The number of nitrogens with one attached hydrogen (secondary N) is 2. The van der Waals surface area contributed by atoms with Gasteiger partial charge in [-0.05, 0) is 24.5 Å². The Kier molecular flexibility index (Phi) is 4.52. The van der Waals surface area contributed by atoms with Gasteiger partial charge in [0.05, 0.1) is 7.11 Å². The van der Waals surface area contributed by atoms with E-state index in [-0.39, 0.29) is 5.91 Å². The van der Waals surface area contributed by atoms with Gasteiger partial charge in [0.15, 0.2) is 0 Å². The van der Waals surface area contributed by atoms with E-state index in [0.717, 1.165) is 12.1 Å². The van der Waals surface area contributed by atoms with Crippen molar-refractivity contribution in [2.75, 3.05) is 13.7 Å². The van der Waals surface area contributed by atoms with E-state index in [9.17, 15) is 4.79 Å². The maximum absolute atomic E-state index is 11.6. The third-order valence-electron chi connectivity index (χ3n) is 2.86. The van der Waals surface area contributed by atoms with E-state index >= 15 is 0 Å². The summed E-state index contributed by atoms with van der Waals surface area (Å²) in [5.74, 6) is 0.635. The molecule has 98 valence electrons. The number of carbonyl (C=O) groups excluding carboxylic acids is 1. The van der Waals surface area contributed by atoms with Gasteiger partial charge in [-0.25, -0.2) is 4.98 Å². The minimum absolute atomic E-state index is 0.0685. The van der Waals surface area contributed by atoms with Crippen LogP contribution in [0.5, 0.6) is 5.88 Å². The molecule has 1 aromatic rings. The molecule has 0 radical (unpaired) electrons. The van der Waals surface area contributed by atoms with Crippen molar-refractivity contribution in [2.24, 2.45) is 0 Å². The first-order chi connectivity index (χ1) is 8.78. The van der Waals surface area contributed by atoms with E-state index in [4.69, 9.17) is 4.74 Å². The van der Waals surface area contributed by atoms with Gasteiger partial charge < -0.3 is 15.4 Å². The van der Waals surface area contributed by atoms with Crippen LogP contribution in [0.25, 0.3) is 0 Å². The van der Waals surface area contributed by atoms with Crippen LogP contribution >= 0.6 is 0 Å². The van der Waals surface area contributed by atoms with Crippen molar-refractivity contribution in [2.45, 2.75) is 31.8 Å². The smallest absolute Gasteiger partial charge is 0.221 e. The van der Waals surface area contributed by atoms with Crippen molar-refractivity contribution in [3.8, 4) is 5.88 Å². The largest absolute Gasteiger partial charge is 0.481 e. The predicted molar refractivity (Wildman–Crippen MR) is 68.3 cm³/mol. The first kappa shape index (κ1) is 12.8. The fourth-order valence-electron chi connectivity index (χ4n) is 1.64. The van der Waals surface area contributed by atoms with Crippen molar-refractivity contribution < 1.29 is 9.53 Å². The summed E-state index contributed by atoms with van der Waals surface area (Å²) in [6.07, 6.45) is 4.70. The predicted octanol–water partition coefficient (Wildman–Crippen LogP) is 0.848. The lowest BCUT2D eigenvalue weighted by Gasteiger charge is -2.07. The molecule has 1 heterocycles. The average Bonchev–Trinajstić information content (AvgIpc) is 3.21. The Morgan fingerprint density at radius 1 is 1.56 bits per heavy atom. The zero-order valence-electron chi connectivity index (χ0n) is 10.6. The van der Waals surface area contributed by atoms with E-state index in [1.54, 1.807) is 13.3 Å². The maximum atomic E-state index is 11.6. The number of methoxy groups -OCH3 is 1. The van der Waals surface area contributed by atoms with Crippen LogP contribution in [0.15, 0.2) is 18.3 Å². The molecule has 0 aromatic carbocycles. The fraction of sp³-hybridized carbons (Fsp3) is 0.538. The van der Waals surface area contributed by atoms with Crippen molar-refractivity contribution >= 4 is 5.91 Å². The zero-order chi connectivity index (χ0) is 12.8. The van der Waals surface area contributed by atoms with Crippen LogP contribution in [0, 0.1) is 0 Å². The third kappa shape index (κ3) is 4.33.